The van der Waals surface area contributed by atoms with Crippen LogP contribution in [0, 0.1) is 0 Å². The van der Waals surface area contributed by atoms with Crippen LogP contribution in [0.2, 0.25) is 0 Å². The molecule has 40 valence electrons. The summed E-state index contributed by atoms with van der Waals surface area (Å²) < 4.78 is 0. The Hall–Kier alpha value is -0.210. The molecule has 7 heavy (non-hydrogen) atoms. The van der Waals surface area contributed by atoms with Crippen molar-refractivity contribution in [2.45, 2.75) is 12.6 Å². The lowest BCUT2D eigenvalue weighted by atomic mass is 10.4. The van der Waals surface area contributed by atoms with Gasteiger partial charge in [-0.15, -0.1) is 0 Å². The highest BCUT2D eigenvalue weighted by atomic mass is 35.5. The summed E-state index contributed by atoms with van der Waals surface area (Å²) >= 11 is 5.53. The summed E-state index contributed by atoms with van der Waals surface area (Å²) in [6.45, 7) is 0. The molecule has 1 aliphatic heterocycles. The molecule has 0 spiro atoms. The first-order valence-electron chi connectivity index (χ1n) is 2.15. The van der Waals surface area contributed by atoms with Crippen LogP contribution in [0.4, 0.5) is 0 Å². The van der Waals surface area contributed by atoms with Crippen molar-refractivity contribution >= 4 is 11.6 Å². The van der Waals surface area contributed by atoms with Crippen molar-refractivity contribution in [3.05, 3.63) is 11.2 Å². The van der Waals surface area contributed by atoms with Crippen molar-refractivity contribution in [3.63, 3.8) is 0 Å². The minimum Gasteiger partial charge on any atom is -0.375 e. The molecule has 0 amide bonds. The van der Waals surface area contributed by atoms with Crippen molar-refractivity contribution in [2.75, 3.05) is 0 Å². The fraction of sp³-hybridized carbons (Fsp3) is 0.500. The Balaban J connectivity index is 2.42. The normalized spacial score (nSPS) is 29.4. The van der Waals surface area contributed by atoms with E-state index >= 15 is 0 Å². The van der Waals surface area contributed by atoms with Crippen molar-refractivity contribution < 1.29 is 0 Å². The van der Waals surface area contributed by atoms with Crippen LogP contribution in [0.3, 0.4) is 0 Å². The lowest BCUT2D eigenvalue weighted by Gasteiger charge is -1.98. The highest BCUT2D eigenvalue weighted by Gasteiger charge is 2.07. The Morgan fingerprint density at radius 2 is 2.71 bits per heavy atom. The van der Waals surface area contributed by atoms with Crippen LogP contribution in [0.5, 0.6) is 0 Å². The lowest BCUT2D eigenvalue weighted by Crippen LogP contribution is -2.28. The number of rotatable bonds is 0. The second-order valence-electron chi connectivity index (χ2n) is 1.57. The average Bonchev–Trinajstić information content (AvgIpc) is 1.87. The third kappa shape index (κ3) is 1.08. The minimum atomic E-state index is 0.0486. The zero-order chi connectivity index (χ0) is 5.28. The summed E-state index contributed by atoms with van der Waals surface area (Å²) in [6.07, 6.45) is 2.54. The van der Waals surface area contributed by atoms with E-state index in [2.05, 4.69) is 5.32 Å². The molecule has 0 fully saturated rings. The smallest absolute Gasteiger partial charge is 0.0788 e. The maximum Gasteiger partial charge on any atom is 0.0788 e. The van der Waals surface area contributed by atoms with E-state index in [0.717, 1.165) is 11.5 Å². The number of hydrogen-bond donors (Lipinski definition) is 2. The first-order chi connectivity index (χ1) is 3.29. The fourth-order valence-electron chi connectivity index (χ4n) is 0.525. The molecule has 2 nitrogen and oxygen atoms in total. The second-order valence-corrected chi connectivity index (χ2v) is 2.05. The van der Waals surface area contributed by atoms with Crippen LogP contribution >= 0.6 is 11.6 Å². The third-order valence-electron chi connectivity index (χ3n) is 0.869. The summed E-state index contributed by atoms with van der Waals surface area (Å²) in [7, 11) is 0. The molecule has 0 bridgehead atoms. The van der Waals surface area contributed by atoms with Gasteiger partial charge >= 0.3 is 0 Å². The van der Waals surface area contributed by atoms with Crippen LogP contribution in [-0.4, -0.2) is 6.17 Å². The monoisotopic (exact) mass is 118 g/mol. The van der Waals surface area contributed by atoms with Crippen molar-refractivity contribution in [1.29, 1.82) is 0 Å². The van der Waals surface area contributed by atoms with E-state index in [-0.39, 0.29) is 6.17 Å². The van der Waals surface area contributed by atoms with E-state index in [1.807, 2.05) is 0 Å². The third-order valence-corrected chi connectivity index (χ3v) is 1.13. The van der Waals surface area contributed by atoms with Gasteiger partial charge in [0.25, 0.3) is 0 Å². The average molecular weight is 119 g/mol. The first-order valence-corrected chi connectivity index (χ1v) is 2.53. The molecule has 0 radical (unpaired) electrons. The Morgan fingerprint density at radius 3 is 2.86 bits per heavy atom. The minimum absolute atomic E-state index is 0.0486. The zero-order valence-corrected chi connectivity index (χ0v) is 4.57. The summed E-state index contributed by atoms with van der Waals surface area (Å²) in [4.78, 5) is 0. The summed E-state index contributed by atoms with van der Waals surface area (Å²) in [5.74, 6) is 0. The van der Waals surface area contributed by atoms with Crippen molar-refractivity contribution in [2.24, 2.45) is 5.73 Å². The predicted octanol–water partition coefficient (Wildman–Crippen LogP) is 0.345. The number of nitrogens with one attached hydrogen (secondary N) is 1. The summed E-state index contributed by atoms with van der Waals surface area (Å²) in [5, 5.41) is 3.67. The molecule has 3 heteroatoms. The molecular weight excluding hydrogens is 112 g/mol. The molecular formula is C4H7ClN2. The Kier molecular flexibility index (Phi) is 1.21. The van der Waals surface area contributed by atoms with Crippen LogP contribution in [0.15, 0.2) is 11.2 Å². The Labute approximate surface area is 47.3 Å². The maximum atomic E-state index is 5.53. The molecule has 3 N–H and O–H groups in total. The molecule has 1 aliphatic rings. The molecule has 1 heterocycles. The van der Waals surface area contributed by atoms with E-state index in [4.69, 9.17) is 17.3 Å². The number of halogens is 1. The van der Waals surface area contributed by atoms with Gasteiger partial charge in [0.2, 0.25) is 0 Å². The van der Waals surface area contributed by atoms with E-state index in [1.54, 1.807) is 6.20 Å². The van der Waals surface area contributed by atoms with Crippen LogP contribution in [-0.2, 0) is 0 Å². The highest BCUT2D eigenvalue weighted by Crippen LogP contribution is 2.11. The fourth-order valence-corrected chi connectivity index (χ4v) is 0.755. The molecule has 0 saturated heterocycles. The standard InChI is InChI=1S/C4H7ClN2/c5-3-1-4(6)7-2-3/h2,4,7H,1,6H2. The van der Waals surface area contributed by atoms with Gasteiger partial charge < -0.3 is 11.1 Å². The first kappa shape index (κ1) is 4.94. The number of hydrogen-bond acceptors (Lipinski definition) is 2. The van der Waals surface area contributed by atoms with Crippen molar-refractivity contribution in [3.8, 4) is 0 Å². The van der Waals surface area contributed by atoms with Gasteiger partial charge in [-0.1, -0.05) is 11.6 Å². The predicted molar refractivity (Wildman–Crippen MR) is 29.7 cm³/mol. The molecule has 0 saturated carbocycles. The van der Waals surface area contributed by atoms with E-state index in [1.165, 1.54) is 0 Å². The molecule has 1 unspecified atom stereocenters. The molecule has 0 aliphatic carbocycles. The zero-order valence-electron chi connectivity index (χ0n) is 3.82. The van der Waals surface area contributed by atoms with Gasteiger partial charge in [0.1, 0.15) is 0 Å². The summed E-state index contributed by atoms with van der Waals surface area (Å²) in [5.41, 5.74) is 5.38. The topological polar surface area (TPSA) is 38.0 Å². The maximum absolute atomic E-state index is 5.53. The molecule has 0 aromatic carbocycles. The lowest BCUT2D eigenvalue weighted by molar-refractivity contribution is 0.656. The second kappa shape index (κ2) is 1.72. The van der Waals surface area contributed by atoms with Gasteiger partial charge in [-0.25, -0.2) is 0 Å². The molecule has 1 rings (SSSR count). The van der Waals surface area contributed by atoms with Gasteiger partial charge in [0, 0.05) is 17.7 Å². The van der Waals surface area contributed by atoms with Gasteiger partial charge in [-0.2, -0.15) is 0 Å². The van der Waals surface area contributed by atoms with E-state index in [0.29, 0.717) is 0 Å². The highest BCUT2D eigenvalue weighted by molar-refractivity contribution is 6.29. The summed E-state index contributed by atoms with van der Waals surface area (Å²) in [6, 6.07) is 0. The molecule has 0 aromatic rings. The SMILES string of the molecule is NC1CC(Cl)=CN1. The van der Waals surface area contributed by atoms with Gasteiger partial charge in [0.15, 0.2) is 0 Å². The van der Waals surface area contributed by atoms with Gasteiger partial charge in [-0.3, -0.25) is 0 Å². The number of nitrogens with two attached hydrogens (primary N) is 1. The van der Waals surface area contributed by atoms with Crippen LogP contribution in [0.25, 0.3) is 0 Å². The quantitative estimate of drug-likeness (QED) is 0.482. The Morgan fingerprint density at radius 1 is 2.00 bits per heavy atom. The van der Waals surface area contributed by atoms with E-state index in [9.17, 15) is 0 Å². The van der Waals surface area contributed by atoms with E-state index < -0.39 is 0 Å². The molecule has 1 atom stereocenters. The largest absolute Gasteiger partial charge is 0.375 e. The van der Waals surface area contributed by atoms with Crippen molar-refractivity contribution in [1.82, 2.24) is 5.32 Å². The Bertz CT molecular complexity index is 99.9. The molecule has 0 aromatic heterocycles. The van der Waals surface area contributed by atoms with Crippen LogP contribution in [0.1, 0.15) is 6.42 Å². The van der Waals surface area contributed by atoms with Crippen LogP contribution < -0.4 is 11.1 Å². The van der Waals surface area contributed by atoms with Gasteiger partial charge in [-0.05, 0) is 0 Å². The van der Waals surface area contributed by atoms with Gasteiger partial charge in [0.05, 0.1) is 6.17 Å².